The number of carbonyl (C=O) groups is 2. The van der Waals surface area contributed by atoms with Gasteiger partial charge in [-0.2, -0.15) is 0 Å². The lowest BCUT2D eigenvalue weighted by Gasteiger charge is -2.16. The minimum atomic E-state index is -0.412. The van der Waals surface area contributed by atoms with E-state index in [1.165, 1.54) is 0 Å². The van der Waals surface area contributed by atoms with Gasteiger partial charge in [-0.1, -0.05) is 42.5 Å². The van der Waals surface area contributed by atoms with Crippen LogP contribution in [0.3, 0.4) is 0 Å². The first-order valence-electron chi connectivity index (χ1n) is 12.1. The molecule has 0 spiro atoms. The summed E-state index contributed by atoms with van der Waals surface area (Å²) in [7, 11) is 0. The van der Waals surface area contributed by atoms with Crippen LogP contribution in [-0.4, -0.2) is 23.0 Å². The molecule has 0 bridgehead atoms. The molecular weight excluding hydrogens is 496 g/mol. The molecule has 0 aromatic heterocycles. The second-order valence-corrected chi connectivity index (χ2v) is 9.05. The molecule has 0 aliphatic heterocycles. The molecule has 4 aromatic carbocycles. The SMILES string of the molecule is CC(C)Oc1ccccc1C(=O)NC(=S)Nc1ccccc1C(=O)Nc1ccc(Nc2ccccc2)cc1. The number of nitrogens with one attached hydrogen (secondary N) is 4. The highest BCUT2D eigenvalue weighted by Crippen LogP contribution is 2.22. The lowest BCUT2D eigenvalue weighted by Crippen LogP contribution is -2.35. The lowest BCUT2D eigenvalue weighted by molar-refractivity contribution is 0.0971. The fourth-order valence-corrected chi connectivity index (χ4v) is 3.85. The summed E-state index contributed by atoms with van der Waals surface area (Å²) in [6.07, 6.45) is -0.0873. The third kappa shape index (κ3) is 7.18. The molecule has 0 saturated carbocycles. The third-order valence-corrected chi connectivity index (χ3v) is 5.55. The van der Waals surface area contributed by atoms with Crippen LogP contribution < -0.4 is 26.0 Å². The highest BCUT2D eigenvalue weighted by molar-refractivity contribution is 7.80. The smallest absolute Gasteiger partial charge is 0.261 e. The van der Waals surface area contributed by atoms with Crippen molar-refractivity contribution in [3.63, 3.8) is 0 Å². The molecule has 0 fully saturated rings. The molecule has 4 N–H and O–H groups in total. The van der Waals surface area contributed by atoms with Gasteiger partial charge in [-0.25, -0.2) is 0 Å². The Kier molecular flexibility index (Phi) is 8.69. The second kappa shape index (κ2) is 12.5. The van der Waals surface area contributed by atoms with E-state index in [1.54, 1.807) is 48.5 Å². The van der Waals surface area contributed by atoms with E-state index in [-0.39, 0.29) is 17.1 Å². The maximum atomic E-state index is 13.1. The number of thiocarbonyl (C=S) groups is 1. The van der Waals surface area contributed by atoms with Crippen LogP contribution >= 0.6 is 12.2 Å². The van der Waals surface area contributed by atoms with E-state index in [1.807, 2.05) is 68.4 Å². The number of hydrogen-bond acceptors (Lipinski definition) is 5. The molecule has 0 radical (unpaired) electrons. The standard InChI is InChI=1S/C30H28N4O3S/c1-20(2)37-27-15-9-7-13-25(27)29(36)34-30(38)33-26-14-8-6-12-24(26)28(35)32-23-18-16-22(17-19-23)31-21-10-4-3-5-11-21/h3-20,31H,1-2H3,(H,32,35)(H2,33,34,36,38). The summed E-state index contributed by atoms with van der Waals surface area (Å²) in [6.45, 7) is 3.78. The molecule has 0 heterocycles. The average Bonchev–Trinajstić information content (AvgIpc) is 2.90. The first-order valence-corrected chi connectivity index (χ1v) is 12.5. The van der Waals surface area contributed by atoms with Crippen molar-refractivity contribution in [3.05, 3.63) is 114 Å². The van der Waals surface area contributed by atoms with Gasteiger partial charge in [0, 0.05) is 17.1 Å². The Labute approximate surface area is 227 Å². The van der Waals surface area contributed by atoms with Crippen molar-refractivity contribution in [2.75, 3.05) is 16.0 Å². The van der Waals surface area contributed by atoms with Crippen molar-refractivity contribution >= 4 is 51.9 Å². The molecule has 8 heteroatoms. The van der Waals surface area contributed by atoms with E-state index in [0.29, 0.717) is 28.3 Å². The summed E-state index contributed by atoms with van der Waals surface area (Å²) in [5, 5.41) is 11.9. The van der Waals surface area contributed by atoms with Gasteiger partial charge in [-0.3, -0.25) is 14.9 Å². The highest BCUT2D eigenvalue weighted by Gasteiger charge is 2.16. The Bertz CT molecular complexity index is 1420. The van der Waals surface area contributed by atoms with Crippen molar-refractivity contribution in [2.45, 2.75) is 20.0 Å². The Morgan fingerprint density at radius 1 is 0.658 bits per heavy atom. The number of anilines is 4. The zero-order valence-corrected chi connectivity index (χ0v) is 21.8. The van der Waals surface area contributed by atoms with Crippen LogP contribution in [0.15, 0.2) is 103 Å². The summed E-state index contributed by atoms with van der Waals surface area (Å²) < 4.78 is 5.73. The molecule has 0 unspecified atom stereocenters. The monoisotopic (exact) mass is 524 g/mol. The molecule has 0 atom stereocenters. The van der Waals surface area contributed by atoms with Crippen LogP contribution in [0.4, 0.5) is 22.7 Å². The predicted octanol–water partition coefficient (Wildman–Crippen LogP) is 6.60. The van der Waals surface area contributed by atoms with E-state index in [0.717, 1.165) is 11.4 Å². The zero-order valence-electron chi connectivity index (χ0n) is 21.0. The van der Waals surface area contributed by atoms with Crippen molar-refractivity contribution < 1.29 is 14.3 Å². The molecule has 38 heavy (non-hydrogen) atoms. The van der Waals surface area contributed by atoms with Gasteiger partial charge >= 0.3 is 0 Å². The van der Waals surface area contributed by atoms with Gasteiger partial charge in [0.25, 0.3) is 11.8 Å². The van der Waals surface area contributed by atoms with Gasteiger partial charge in [0.05, 0.1) is 22.9 Å². The highest BCUT2D eigenvalue weighted by atomic mass is 32.1. The maximum Gasteiger partial charge on any atom is 0.261 e. The Balaban J connectivity index is 1.40. The third-order valence-electron chi connectivity index (χ3n) is 5.35. The van der Waals surface area contributed by atoms with E-state index in [4.69, 9.17) is 17.0 Å². The van der Waals surface area contributed by atoms with Gasteiger partial charge < -0.3 is 20.7 Å². The summed E-state index contributed by atoms with van der Waals surface area (Å²) in [4.78, 5) is 25.9. The summed E-state index contributed by atoms with van der Waals surface area (Å²) >= 11 is 5.36. The quantitative estimate of drug-likeness (QED) is 0.194. The molecule has 0 aliphatic rings. The summed E-state index contributed by atoms with van der Waals surface area (Å²) in [5.41, 5.74) is 3.71. The first-order chi connectivity index (χ1) is 18.4. The fourth-order valence-electron chi connectivity index (χ4n) is 3.65. The van der Waals surface area contributed by atoms with Gasteiger partial charge in [0.15, 0.2) is 5.11 Å². The largest absolute Gasteiger partial charge is 0.490 e. The second-order valence-electron chi connectivity index (χ2n) is 8.64. The fraction of sp³-hybridized carbons (Fsp3) is 0.100. The number of para-hydroxylation sites is 3. The number of carbonyl (C=O) groups excluding carboxylic acids is 2. The minimum Gasteiger partial charge on any atom is -0.490 e. The van der Waals surface area contributed by atoms with E-state index in [9.17, 15) is 9.59 Å². The topological polar surface area (TPSA) is 91.5 Å². The molecule has 4 aromatic rings. The lowest BCUT2D eigenvalue weighted by atomic mass is 10.1. The molecular formula is C30H28N4O3S. The van der Waals surface area contributed by atoms with Gasteiger partial charge in [-0.05, 0) is 86.7 Å². The van der Waals surface area contributed by atoms with Gasteiger partial charge in [0.1, 0.15) is 5.75 Å². The van der Waals surface area contributed by atoms with E-state index in [2.05, 4.69) is 21.3 Å². The van der Waals surface area contributed by atoms with Crippen LogP contribution in [0.5, 0.6) is 5.75 Å². The first kappa shape index (κ1) is 26.4. The molecule has 0 saturated heterocycles. The number of ether oxygens (including phenoxy) is 1. The van der Waals surface area contributed by atoms with E-state index < -0.39 is 5.91 Å². The summed E-state index contributed by atoms with van der Waals surface area (Å²) in [6, 6.07) is 31.1. The van der Waals surface area contributed by atoms with Gasteiger partial charge in [-0.15, -0.1) is 0 Å². The van der Waals surface area contributed by atoms with Crippen LogP contribution in [0.1, 0.15) is 34.6 Å². The Hall–Kier alpha value is -4.69. The molecule has 192 valence electrons. The zero-order chi connectivity index (χ0) is 26.9. The van der Waals surface area contributed by atoms with Crippen molar-refractivity contribution in [1.29, 1.82) is 0 Å². The van der Waals surface area contributed by atoms with Crippen LogP contribution in [0.25, 0.3) is 0 Å². The molecule has 0 aliphatic carbocycles. The minimum absolute atomic E-state index is 0.0611. The van der Waals surface area contributed by atoms with Crippen LogP contribution in [0.2, 0.25) is 0 Å². The van der Waals surface area contributed by atoms with Crippen molar-refractivity contribution in [1.82, 2.24) is 5.32 Å². The molecule has 7 nitrogen and oxygen atoms in total. The molecule has 2 amide bonds. The van der Waals surface area contributed by atoms with Gasteiger partial charge in [0.2, 0.25) is 0 Å². The predicted molar refractivity (Wildman–Crippen MR) is 156 cm³/mol. The average molecular weight is 525 g/mol. The van der Waals surface area contributed by atoms with Crippen molar-refractivity contribution in [2.24, 2.45) is 0 Å². The Morgan fingerprint density at radius 3 is 1.95 bits per heavy atom. The van der Waals surface area contributed by atoms with E-state index >= 15 is 0 Å². The van der Waals surface area contributed by atoms with Crippen molar-refractivity contribution in [3.8, 4) is 5.75 Å². The molecule has 4 rings (SSSR count). The number of benzene rings is 4. The maximum absolute atomic E-state index is 13.1. The van der Waals surface area contributed by atoms with Crippen LogP contribution in [-0.2, 0) is 0 Å². The number of amides is 2. The summed E-state index contributed by atoms with van der Waals surface area (Å²) in [5.74, 6) is -0.265. The van der Waals surface area contributed by atoms with Crippen LogP contribution in [0, 0.1) is 0 Å². The Morgan fingerprint density at radius 2 is 1.24 bits per heavy atom. The number of rotatable bonds is 8. The number of hydrogen-bond donors (Lipinski definition) is 4. The normalized spacial score (nSPS) is 10.4.